The summed E-state index contributed by atoms with van der Waals surface area (Å²) in [7, 11) is 0. The molecule has 1 fully saturated rings. The smallest absolute Gasteiger partial charge is 0.475 e. The molecular weight excluding hydrogens is 693 g/mol. The Labute approximate surface area is 299 Å². The first kappa shape index (κ1) is 41.8. The van der Waals surface area contributed by atoms with Gasteiger partial charge in [0, 0.05) is 37.9 Å². The summed E-state index contributed by atoms with van der Waals surface area (Å²) in [6.07, 6.45) is -3.86. The van der Waals surface area contributed by atoms with Crippen LogP contribution in [-0.2, 0) is 20.9 Å². The van der Waals surface area contributed by atoms with Crippen LogP contribution in [-0.4, -0.2) is 92.1 Å². The zero-order valence-corrected chi connectivity index (χ0v) is 30.0. The molecule has 3 aromatic rings. The van der Waals surface area contributed by atoms with Crippen LogP contribution in [0.15, 0.2) is 54.7 Å². The topological polar surface area (TPSA) is 151 Å². The van der Waals surface area contributed by atoms with Crippen molar-refractivity contribution in [2.75, 3.05) is 32.8 Å². The second-order valence-electron chi connectivity index (χ2n) is 14.6. The molecule has 0 aliphatic carbocycles. The number of hydrogen-bond donors (Lipinski definition) is 3. The van der Waals surface area contributed by atoms with Gasteiger partial charge in [0.15, 0.2) is 0 Å². The highest BCUT2D eigenvalue weighted by atomic mass is 19.4. The van der Waals surface area contributed by atoms with Gasteiger partial charge in [-0.05, 0) is 68.3 Å². The molecule has 2 amide bonds. The number of carbonyl (C=O) groups is 3. The lowest BCUT2D eigenvalue weighted by Crippen LogP contribution is -2.47. The van der Waals surface area contributed by atoms with Gasteiger partial charge in [0.1, 0.15) is 29.7 Å². The average molecular weight is 740 g/mol. The van der Waals surface area contributed by atoms with Gasteiger partial charge < -0.3 is 35.1 Å². The Kier molecular flexibility index (Phi) is 13.6. The number of likely N-dealkylation sites (tertiary alicyclic amines) is 1. The molecule has 4 N–H and O–H groups in total. The molecule has 2 heterocycles. The molecule has 0 saturated carbocycles. The molecule has 0 radical (unpaired) electrons. The van der Waals surface area contributed by atoms with Crippen molar-refractivity contribution in [2.24, 2.45) is 23.0 Å². The maximum absolute atomic E-state index is 15.0. The normalized spacial score (nSPS) is 16.9. The summed E-state index contributed by atoms with van der Waals surface area (Å²) in [5.41, 5.74) is 6.04. The number of rotatable bonds is 9. The largest absolute Gasteiger partial charge is 0.490 e. The predicted molar refractivity (Wildman–Crippen MR) is 182 cm³/mol. The number of aliphatic hydroxyl groups is 1. The molecule has 4 rings (SSSR count). The first-order valence-corrected chi connectivity index (χ1v) is 16.5. The van der Waals surface area contributed by atoms with Crippen LogP contribution in [0.3, 0.4) is 0 Å². The summed E-state index contributed by atoms with van der Waals surface area (Å²) in [5, 5.41) is 17.3. The van der Waals surface area contributed by atoms with Gasteiger partial charge in [-0.1, -0.05) is 51.1 Å². The Morgan fingerprint density at radius 2 is 1.60 bits per heavy atom. The Bertz CT molecular complexity index is 1690. The van der Waals surface area contributed by atoms with Gasteiger partial charge in [0.25, 0.3) is 0 Å². The number of alkyl halides is 3. The van der Waals surface area contributed by atoms with Gasteiger partial charge in [-0.15, -0.1) is 0 Å². The molecule has 3 atom stereocenters. The Morgan fingerprint density at radius 3 is 2.12 bits per heavy atom. The lowest BCUT2D eigenvalue weighted by Gasteiger charge is -2.41. The number of imidazole rings is 1. The summed E-state index contributed by atoms with van der Waals surface area (Å²) < 4.78 is 68.4. The van der Waals surface area contributed by atoms with E-state index in [4.69, 9.17) is 25.4 Å². The SMILES string of the molecule is CC(C)(C)OC(=O)N1CC(CN)C(CN(C(=O)CO)C(c2nc(-c3cc(F)ccc3F)cn2Cc2ccccc2)C(C)(C)C)C1.O=C(O)C(F)(F)F. The number of aliphatic hydroxyl groups excluding tert-OH is 1. The molecule has 286 valence electrons. The van der Waals surface area contributed by atoms with E-state index in [1.165, 1.54) is 0 Å². The molecule has 1 saturated heterocycles. The van der Waals surface area contributed by atoms with Crippen molar-refractivity contribution in [1.29, 1.82) is 0 Å². The van der Waals surface area contributed by atoms with Crippen LogP contribution in [0.4, 0.5) is 26.7 Å². The average Bonchev–Trinajstić information content (AvgIpc) is 3.64. The molecule has 16 heteroatoms. The number of carboxylic acid groups (broad SMARTS) is 1. The number of carbonyl (C=O) groups excluding carboxylic acids is 2. The third kappa shape index (κ3) is 11.2. The molecule has 1 aliphatic rings. The summed E-state index contributed by atoms with van der Waals surface area (Å²) in [4.78, 5) is 43.5. The van der Waals surface area contributed by atoms with Gasteiger partial charge in [-0.25, -0.2) is 23.4 Å². The number of carboxylic acids is 1. The highest BCUT2D eigenvalue weighted by Crippen LogP contribution is 2.41. The van der Waals surface area contributed by atoms with Gasteiger partial charge in [-0.2, -0.15) is 13.2 Å². The van der Waals surface area contributed by atoms with Crippen LogP contribution >= 0.6 is 0 Å². The molecular formula is C36H46F5N5O6. The Hall–Kier alpha value is -4.57. The number of aromatic nitrogens is 2. The van der Waals surface area contributed by atoms with E-state index in [0.29, 0.717) is 25.5 Å². The molecule has 0 bridgehead atoms. The number of benzene rings is 2. The minimum absolute atomic E-state index is 0.00254. The number of amides is 2. The van der Waals surface area contributed by atoms with Crippen molar-refractivity contribution in [2.45, 2.75) is 65.9 Å². The zero-order chi connectivity index (χ0) is 39.2. The van der Waals surface area contributed by atoms with Crippen molar-refractivity contribution in [3.8, 4) is 11.3 Å². The van der Waals surface area contributed by atoms with E-state index in [2.05, 4.69) is 0 Å². The Morgan fingerprint density at radius 1 is 1.00 bits per heavy atom. The molecule has 2 aromatic carbocycles. The van der Waals surface area contributed by atoms with Crippen molar-refractivity contribution in [3.63, 3.8) is 0 Å². The zero-order valence-electron chi connectivity index (χ0n) is 30.0. The van der Waals surface area contributed by atoms with Crippen molar-refractivity contribution in [3.05, 3.63) is 77.8 Å². The van der Waals surface area contributed by atoms with E-state index in [1.54, 1.807) is 36.8 Å². The highest BCUT2D eigenvalue weighted by Gasteiger charge is 2.43. The van der Waals surface area contributed by atoms with Crippen LogP contribution in [0.1, 0.15) is 59.0 Å². The maximum atomic E-state index is 15.0. The van der Waals surface area contributed by atoms with Crippen LogP contribution in [0.5, 0.6) is 0 Å². The maximum Gasteiger partial charge on any atom is 0.490 e. The lowest BCUT2D eigenvalue weighted by molar-refractivity contribution is -0.192. The number of nitrogens with two attached hydrogens (primary N) is 1. The third-order valence-corrected chi connectivity index (χ3v) is 8.24. The van der Waals surface area contributed by atoms with Crippen LogP contribution in [0.2, 0.25) is 0 Å². The van der Waals surface area contributed by atoms with E-state index in [1.807, 2.05) is 55.7 Å². The monoisotopic (exact) mass is 739 g/mol. The van der Waals surface area contributed by atoms with Crippen molar-refractivity contribution >= 4 is 18.0 Å². The second kappa shape index (κ2) is 16.8. The summed E-state index contributed by atoms with van der Waals surface area (Å²) in [5.74, 6) is -4.37. The van der Waals surface area contributed by atoms with E-state index in [0.717, 1.165) is 23.8 Å². The standard InChI is InChI=1S/C34H45F2N5O4.C2HF3O2/c1-33(2,3)30(41(29(43)21-42)19-24-18-40(17-23(24)15-37)32(44)45-34(4,5)6)31-38-28(26-14-25(35)12-13-27(26)36)20-39(31)16-22-10-8-7-9-11-22;3-2(4,5)1(6)7/h7-14,20,23-24,30,42H,15-19,21,37H2,1-6H3;(H,6,7). The minimum Gasteiger partial charge on any atom is -0.475 e. The molecule has 11 nitrogen and oxygen atoms in total. The predicted octanol–water partition coefficient (Wildman–Crippen LogP) is 5.86. The van der Waals surface area contributed by atoms with Gasteiger partial charge in [-0.3, -0.25) is 4.79 Å². The molecule has 3 unspecified atom stereocenters. The molecule has 52 heavy (non-hydrogen) atoms. The van der Waals surface area contributed by atoms with Crippen LogP contribution < -0.4 is 5.73 Å². The van der Waals surface area contributed by atoms with Crippen molar-refractivity contribution < 1.29 is 51.3 Å². The molecule has 0 spiro atoms. The lowest BCUT2D eigenvalue weighted by atomic mass is 9.83. The summed E-state index contributed by atoms with van der Waals surface area (Å²) in [6, 6.07) is 12.1. The summed E-state index contributed by atoms with van der Waals surface area (Å²) >= 11 is 0. The number of hydrogen-bond acceptors (Lipinski definition) is 7. The molecule has 1 aliphatic heterocycles. The fourth-order valence-electron chi connectivity index (χ4n) is 5.96. The van der Waals surface area contributed by atoms with E-state index in [9.17, 15) is 36.6 Å². The number of ether oxygens (including phenoxy) is 1. The quantitative estimate of drug-likeness (QED) is 0.231. The van der Waals surface area contributed by atoms with Gasteiger partial charge >= 0.3 is 18.2 Å². The van der Waals surface area contributed by atoms with Crippen LogP contribution in [0.25, 0.3) is 11.3 Å². The third-order valence-electron chi connectivity index (χ3n) is 8.24. The number of aliphatic carboxylic acids is 1. The van der Waals surface area contributed by atoms with Gasteiger partial charge in [0.05, 0.1) is 11.7 Å². The minimum atomic E-state index is -5.08. The van der Waals surface area contributed by atoms with Crippen LogP contribution in [0, 0.1) is 28.9 Å². The first-order chi connectivity index (χ1) is 24.0. The highest BCUT2D eigenvalue weighted by molar-refractivity contribution is 5.78. The van der Waals surface area contributed by atoms with E-state index in [-0.39, 0.29) is 36.2 Å². The van der Waals surface area contributed by atoms with E-state index >= 15 is 0 Å². The Balaban J connectivity index is 0.000000944. The fraction of sp³-hybridized carbons (Fsp3) is 0.500. The summed E-state index contributed by atoms with van der Waals surface area (Å²) in [6.45, 7) is 12.1. The van der Waals surface area contributed by atoms with Crippen molar-refractivity contribution in [1.82, 2.24) is 19.4 Å². The first-order valence-electron chi connectivity index (χ1n) is 16.5. The van der Waals surface area contributed by atoms with Gasteiger partial charge in [0.2, 0.25) is 5.91 Å². The van der Waals surface area contributed by atoms with E-state index < -0.39 is 59.4 Å². The number of nitrogens with zero attached hydrogens (tertiary/aromatic N) is 4. The molecule has 1 aromatic heterocycles. The second-order valence-corrected chi connectivity index (χ2v) is 14.6. The number of halogens is 5. The fourth-order valence-corrected chi connectivity index (χ4v) is 5.96.